The maximum atomic E-state index is 14.0. The largest absolute Gasteiger partial charge is 0.349 e. The van der Waals surface area contributed by atoms with Crippen LogP contribution in [0, 0.1) is 12.7 Å². The summed E-state index contributed by atoms with van der Waals surface area (Å²) in [5, 5.41) is 3.91. The molecule has 6 heteroatoms. The lowest BCUT2D eigenvalue weighted by molar-refractivity contribution is -0.126. The molecule has 0 radical (unpaired) electrons. The van der Waals surface area contributed by atoms with Gasteiger partial charge in [-0.1, -0.05) is 25.1 Å². The van der Waals surface area contributed by atoms with E-state index in [1.807, 2.05) is 13.8 Å². The van der Waals surface area contributed by atoms with Crippen molar-refractivity contribution in [2.75, 3.05) is 14.1 Å². The van der Waals surface area contributed by atoms with Crippen molar-refractivity contribution in [1.82, 2.24) is 15.2 Å². The molecule has 1 unspecified atom stereocenters. The average Bonchev–Trinajstić information content (AvgIpc) is 2.87. The first-order chi connectivity index (χ1) is 10.9. The Kier molecular flexibility index (Phi) is 5.85. The zero-order chi connectivity index (χ0) is 17.0. The Morgan fingerprint density at radius 2 is 2.09 bits per heavy atom. The van der Waals surface area contributed by atoms with Gasteiger partial charge in [-0.15, -0.1) is 11.3 Å². The van der Waals surface area contributed by atoms with Gasteiger partial charge in [0.15, 0.2) is 0 Å². The lowest BCUT2D eigenvalue weighted by Gasteiger charge is -2.24. The molecule has 0 fully saturated rings. The molecule has 1 heterocycles. The standard InChI is InChI=1S/C17H22FN3OS/c1-5-14-15(23-11(2)20-14)10-19-17(22)16(21(3)4)12-8-6-7-9-13(12)18/h6-9,16H,5,10H2,1-4H3,(H,19,22). The molecule has 0 saturated carbocycles. The van der Waals surface area contributed by atoms with E-state index in [0.29, 0.717) is 12.1 Å². The molecular formula is C17H22FN3OS. The van der Waals surface area contributed by atoms with E-state index in [2.05, 4.69) is 10.3 Å². The SMILES string of the molecule is CCc1nc(C)sc1CNC(=O)C(c1ccccc1F)N(C)C. The van der Waals surface area contributed by atoms with Crippen LogP contribution < -0.4 is 5.32 Å². The molecule has 1 aromatic carbocycles. The molecule has 124 valence electrons. The van der Waals surface area contributed by atoms with Crippen LogP contribution in [-0.4, -0.2) is 29.9 Å². The normalized spacial score (nSPS) is 12.4. The number of benzene rings is 1. The quantitative estimate of drug-likeness (QED) is 0.882. The number of aryl methyl sites for hydroxylation is 2. The van der Waals surface area contributed by atoms with Gasteiger partial charge in [0.2, 0.25) is 5.91 Å². The van der Waals surface area contributed by atoms with Crippen molar-refractivity contribution in [3.63, 3.8) is 0 Å². The Bertz CT molecular complexity index is 684. The molecule has 0 saturated heterocycles. The second kappa shape index (κ2) is 7.66. The summed E-state index contributed by atoms with van der Waals surface area (Å²) in [6.45, 7) is 4.42. The number of carbonyl (C=O) groups is 1. The third kappa shape index (κ3) is 4.14. The van der Waals surface area contributed by atoms with Gasteiger partial charge in [0, 0.05) is 10.4 Å². The zero-order valence-electron chi connectivity index (χ0n) is 13.9. The highest BCUT2D eigenvalue weighted by Crippen LogP contribution is 2.23. The average molecular weight is 335 g/mol. The minimum Gasteiger partial charge on any atom is -0.349 e. The summed E-state index contributed by atoms with van der Waals surface area (Å²) in [6.07, 6.45) is 0.833. The van der Waals surface area contributed by atoms with Gasteiger partial charge in [-0.05, 0) is 33.5 Å². The lowest BCUT2D eigenvalue weighted by Crippen LogP contribution is -2.37. The molecule has 0 bridgehead atoms. The fourth-order valence-electron chi connectivity index (χ4n) is 2.54. The summed E-state index contributed by atoms with van der Waals surface area (Å²) in [7, 11) is 3.54. The third-order valence-electron chi connectivity index (χ3n) is 3.61. The van der Waals surface area contributed by atoms with Gasteiger partial charge in [-0.3, -0.25) is 9.69 Å². The highest BCUT2D eigenvalue weighted by molar-refractivity contribution is 7.11. The predicted molar refractivity (Wildman–Crippen MR) is 90.9 cm³/mol. The molecule has 1 atom stereocenters. The third-order valence-corrected chi connectivity index (χ3v) is 4.62. The first-order valence-corrected chi connectivity index (χ1v) is 8.39. The van der Waals surface area contributed by atoms with Gasteiger partial charge < -0.3 is 5.32 Å². The van der Waals surface area contributed by atoms with Crippen molar-refractivity contribution in [2.45, 2.75) is 32.9 Å². The van der Waals surface area contributed by atoms with Gasteiger partial charge in [0.05, 0.1) is 17.2 Å². The number of aromatic nitrogens is 1. The topological polar surface area (TPSA) is 45.2 Å². The Morgan fingerprint density at radius 1 is 1.39 bits per heavy atom. The van der Waals surface area contributed by atoms with E-state index in [-0.39, 0.29) is 11.7 Å². The minimum atomic E-state index is -0.657. The number of halogens is 1. The molecule has 2 aromatic rings. The Balaban J connectivity index is 2.15. The molecular weight excluding hydrogens is 313 g/mol. The molecule has 2 rings (SSSR count). The van der Waals surface area contributed by atoms with Crippen LogP contribution in [-0.2, 0) is 17.8 Å². The van der Waals surface area contributed by atoms with E-state index < -0.39 is 6.04 Å². The molecule has 1 amide bonds. The van der Waals surface area contributed by atoms with E-state index in [1.165, 1.54) is 6.07 Å². The number of nitrogens with one attached hydrogen (secondary N) is 1. The summed E-state index contributed by atoms with van der Waals surface area (Å²) in [4.78, 5) is 19.8. The number of likely N-dealkylation sites (N-methyl/N-ethyl adjacent to an activating group) is 1. The number of hydrogen-bond donors (Lipinski definition) is 1. The van der Waals surface area contributed by atoms with Crippen LogP contribution >= 0.6 is 11.3 Å². The summed E-state index contributed by atoms with van der Waals surface area (Å²) < 4.78 is 14.0. The molecule has 23 heavy (non-hydrogen) atoms. The number of nitrogens with zero attached hydrogens (tertiary/aromatic N) is 2. The Morgan fingerprint density at radius 3 is 2.70 bits per heavy atom. The Hall–Kier alpha value is -1.79. The fraction of sp³-hybridized carbons (Fsp3) is 0.412. The van der Waals surface area contributed by atoms with Crippen LogP contribution in [0.4, 0.5) is 4.39 Å². The van der Waals surface area contributed by atoms with Crippen LogP contribution in [0.25, 0.3) is 0 Å². The van der Waals surface area contributed by atoms with Crippen LogP contribution in [0.5, 0.6) is 0 Å². The van der Waals surface area contributed by atoms with Gasteiger partial charge in [-0.25, -0.2) is 9.37 Å². The zero-order valence-corrected chi connectivity index (χ0v) is 14.7. The number of thiazole rings is 1. The van der Waals surface area contributed by atoms with Crippen LogP contribution in [0.15, 0.2) is 24.3 Å². The first-order valence-electron chi connectivity index (χ1n) is 7.57. The molecule has 1 N–H and O–H groups in total. The number of carbonyl (C=O) groups excluding carboxylic acids is 1. The van der Waals surface area contributed by atoms with Crippen molar-refractivity contribution in [1.29, 1.82) is 0 Å². The Labute approximate surface area is 140 Å². The van der Waals surface area contributed by atoms with Crippen LogP contribution in [0.3, 0.4) is 0 Å². The molecule has 0 aliphatic rings. The van der Waals surface area contributed by atoms with Gasteiger partial charge in [0.25, 0.3) is 0 Å². The molecule has 4 nitrogen and oxygen atoms in total. The van der Waals surface area contributed by atoms with Crippen molar-refractivity contribution >= 4 is 17.2 Å². The molecule has 0 aliphatic carbocycles. The summed E-state index contributed by atoms with van der Waals surface area (Å²) in [5.41, 5.74) is 1.39. The maximum absolute atomic E-state index is 14.0. The van der Waals surface area contributed by atoms with E-state index >= 15 is 0 Å². The molecule has 0 spiro atoms. The minimum absolute atomic E-state index is 0.215. The fourth-order valence-corrected chi connectivity index (χ4v) is 3.51. The highest BCUT2D eigenvalue weighted by atomic mass is 32.1. The van der Waals surface area contributed by atoms with Crippen LogP contribution in [0.1, 0.15) is 34.1 Å². The smallest absolute Gasteiger partial charge is 0.242 e. The van der Waals surface area contributed by atoms with E-state index in [4.69, 9.17) is 0 Å². The van der Waals surface area contributed by atoms with E-state index in [9.17, 15) is 9.18 Å². The maximum Gasteiger partial charge on any atom is 0.242 e. The van der Waals surface area contributed by atoms with Crippen LogP contribution in [0.2, 0.25) is 0 Å². The second-order valence-electron chi connectivity index (χ2n) is 5.56. The van der Waals surface area contributed by atoms with Gasteiger partial charge >= 0.3 is 0 Å². The first kappa shape index (κ1) is 17.6. The monoisotopic (exact) mass is 335 g/mol. The van der Waals surface area contributed by atoms with E-state index in [0.717, 1.165) is 22.0 Å². The number of hydrogen-bond acceptors (Lipinski definition) is 4. The van der Waals surface area contributed by atoms with Gasteiger partial charge in [0.1, 0.15) is 11.9 Å². The van der Waals surface area contributed by atoms with Crippen molar-refractivity contribution in [2.24, 2.45) is 0 Å². The second-order valence-corrected chi connectivity index (χ2v) is 6.85. The number of rotatable bonds is 6. The summed E-state index contributed by atoms with van der Waals surface area (Å²) >= 11 is 1.59. The van der Waals surface area contributed by atoms with E-state index in [1.54, 1.807) is 48.5 Å². The lowest BCUT2D eigenvalue weighted by atomic mass is 10.0. The van der Waals surface area contributed by atoms with Crippen molar-refractivity contribution < 1.29 is 9.18 Å². The molecule has 1 aromatic heterocycles. The van der Waals surface area contributed by atoms with Crippen molar-refractivity contribution in [3.05, 3.63) is 51.2 Å². The summed E-state index contributed by atoms with van der Waals surface area (Å²) in [5.74, 6) is -0.586. The highest BCUT2D eigenvalue weighted by Gasteiger charge is 2.25. The molecule has 0 aliphatic heterocycles. The number of amides is 1. The predicted octanol–water partition coefficient (Wildman–Crippen LogP) is 3.07. The van der Waals surface area contributed by atoms with Gasteiger partial charge in [-0.2, -0.15) is 0 Å². The summed E-state index contributed by atoms with van der Waals surface area (Å²) in [6, 6.07) is 5.73. The van der Waals surface area contributed by atoms with Crippen molar-refractivity contribution in [3.8, 4) is 0 Å².